The van der Waals surface area contributed by atoms with Crippen molar-refractivity contribution in [1.82, 2.24) is 10.2 Å². The molecule has 19 heavy (non-hydrogen) atoms. The van der Waals surface area contributed by atoms with Gasteiger partial charge in [-0.3, -0.25) is 9.69 Å². The van der Waals surface area contributed by atoms with Crippen molar-refractivity contribution in [2.45, 2.75) is 38.0 Å². The molecule has 0 radical (unpaired) electrons. The summed E-state index contributed by atoms with van der Waals surface area (Å²) in [7, 11) is 0. The van der Waals surface area contributed by atoms with Crippen LogP contribution in [-0.4, -0.2) is 27.5 Å². The lowest BCUT2D eigenvalue weighted by Crippen LogP contribution is -2.52. The first-order chi connectivity index (χ1) is 9.14. The maximum atomic E-state index is 12.3. The Morgan fingerprint density at radius 2 is 1.79 bits per heavy atom. The summed E-state index contributed by atoms with van der Waals surface area (Å²) in [4.78, 5) is 25.4. The summed E-state index contributed by atoms with van der Waals surface area (Å²) in [6.07, 6.45) is 2.49. The van der Waals surface area contributed by atoms with Crippen LogP contribution in [-0.2, 0) is 17.9 Å². The summed E-state index contributed by atoms with van der Waals surface area (Å²) >= 11 is 0. The van der Waals surface area contributed by atoms with Gasteiger partial charge in [-0.25, -0.2) is 4.79 Å². The van der Waals surface area contributed by atoms with Crippen LogP contribution < -0.4 is 5.32 Å². The molecule has 2 aliphatic rings. The molecule has 3 rings (SSSR count). The maximum absolute atomic E-state index is 12.3. The Morgan fingerprint density at radius 1 is 1.16 bits per heavy atom. The van der Waals surface area contributed by atoms with E-state index in [1.54, 1.807) is 12.1 Å². The molecule has 1 saturated carbocycles. The number of aliphatic hydroxyl groups excluding tert-OH is 1. The number of rotatable bonds is 3. The van der Waals surface area contributed by atoms with Crippen LogP contribution in [0.1, 0.15) is 30.4 Å². The molecule has 5 nitrogen and oxygen atoms in total. The van der Waals surface area contributed by atoms with E-state index in [0.717, 1.165) is 30.4 Å². The Morgan fingerprint density at radius 3 is 2.26 bits per heavy atom. The highest BCUT2D eigenvalue weighted by Gasteiger charge is 2.54. The average molecular weight is 260 g/mol. The second-order valence-electron chi connectivity index (χ2n) is 5.23. The summed E-state index contributed by atoms with van der Waals surface area (Å²) < 4.78 is 0. The number of nitrogens with one attached hydrogen (secondary N) is 1. The fraction of sp³-hybridized carbons (Fsp3) is 0.429. The fourth-order valence-electron chi connectivity index (χ4n) is 2.62. The molecule has 1 aliphatic carbocycles. The number of imide groups is 1. The molecule has 2 N–H and O–H groups in total. The average Bonchev–Trinajstić information content (AvgIpc) is 2.64. The molecular formula is C14H16N2O3. The number of hydrogen-bond donors (Lipinski definition) is 2. The Balaban J connectivity index is 1.75. The number of urea groups is 1. The van der Waals surface area contributed by atoms with Crippen LogP contribution in [0.3, 0.4) is 0 Å². The van der Waals surface area contributed by atoms with E-state index in [-0.39, 0.29) is 25.1 Å². The summed E-state index contributed by atoms with van der Waals surface area (Å²) in [6.45, 7) is 0.282. The predicted molar refractivity (Wildman–Crippen MR) is 68.0 cm³/mol. The zero-order valence-corrected chi connectivity index (χ0v) is 10.6. The van der Waals surface area contributed by atoms with Crippen molar-refractivity contribution in [3.05, 3.63) is 35.4 Å². The van der Waals surface area contributed by atoms with Gasteiger partial charge in [0.1, 0.15) is 5.54 Å². The van der Waals surface area contributed by atoms with Gasteiger partial charge in [0.05, 0.1) is 13.2 Å². The number of amides is 3. The highest BCUT2D eigenvalue weighted by Crippen LogP contribution is 2.37. The van der Waals surface area contributed by atoms with Crippen molar-refractivity contribution in [3.63, 3.8) is 0 Å². The van der Waals surface area contributed by atoms with E-state index in [0.29, 0.717) is 0 Å². The monoisotopic (exact) mass is 260 g/mol. The van der Waals surface area contributed by atoms with E-state index in [1.807, 2.05) is 12.1 Å². The van der Waals surface area contributed by atoms with Gasteiger partial charge in [0.2, 0.25) is 0 Å². The van der Waals surface area contributed by atoms with Crippen LogP contribution in [0.5, 0.6) is 0 Å². The lowest BCUT2D eigenvalue weighted by molar-refractivity contribution is -0.134. The third-order valence-electron chi connectivity index (χ3n) is 4.00. The first kappa shape index (κ1) is 12.2. The van der Waals surface area contributed by atoms with Crippen LogP contribution in [0, 0.1) is 0 Å². The van der Waals surface area contributed by atoms with Crippen LogP contribution in [0.4, 0.5) is 4.79 Å². The normalized spacial score (nSPS) is 20.6. The van der Waals surface area contributed by atoms with Crippen molar-refractivity contribution >= 4 is 11.9 Å². The molecule has 1 heterocycles. The number of aliphatic hydroxyl groups is 1. The molecule has 1 aromatic rings. The first-order valence-electron chi connectivity index (χ1n) is 6.47. The third kappa shape index (κ3) is 1.90. The smallest absolute Gasteiger partial charge is 0.325 e. The van der Waals surface area contributed by atoms with Crippen molar-refractivity contribution in [2.75, 3.05) is 0 Å². The molecule has 1 saturated heterocycles. The van der Waals surface area contributed by atoms with Gasteiger partial charge in [0.15, 0.2) is 0 Å². The fourth-order valence-corrected chi connectivity index (χ4v) is 2.62. The summed E-state index contributed by atoms with van der Waals surface area (Å²) in [5, 5.41) is 11.8. The number of carbonyl (C=O) groups is 2. The molecule has 5 heteroatoms. The van der Waals surface area contributed by atoms with Gasteiger partial charge in [0, 0.05) is 0 Å². The highest BCUT2D eigenvalue weighted by atomic mass is 16.3. The second-order valence-corrected chi connectivity index (χ2v) is 5.23. The van der Waals surface area contributed by atoms with Gasteiger partial charge in [-0.05, 0) is 30.4 Å². The van der Waals surface area contributed by atoms with Crippen molar-refractivity contribution in [1.29, 1.82) is 0 Å². The Labute approximate surface area is 111 Å². The van der Waals surface area contributed by atoms with Gasteiger partial charge in [-0.1, -0.05) is 24.3 Å². The standard InChI is InChI=1S/C14H16N2O3/c17-9-11-4-2-10(3-5-11)8-16-12(18)14(6-1-7-14)15-13(16)19/h2-5,17H,1,6-9H2,(H,15,19). The quantitative estimate of drug-likeness (QED) is 0.801. The Hall–Kier alpha value is -1.88. The summed E-state index contributed by atoms with van der Waals surface area (Å²) in [5.41, 5.74) is 1.09. The van der Waals surface area contributed by atoms with Crippen molar-refractivity contribution < 1.29 is 14.7 Å². The Kier molecular flexibility index (Phi) is 2.78. The number of nitrogens with zero attached hydrogens (tertiary/aromatic N) is 1. The van der Waals surface area contributed by atoms with E-state index < -0.39 is 5.54 Å². The third-order valence-corrected chi connectivity index (χ3v) is 4.00. The highest BCUT2D eigenvalue weighted by molar-refractivity contribution is 6.07. The van der Waals surface area contributed by atoms with Gasteiger partial charge < -0.3 is 10.4 Å². The minimum atomic E-state index is -0.609. The summed E-state index contributed by atoms with van der Waals surface area (Å²) in [5.74, 6) is -0.102. The molecule has 0 unspecified atom stereocenters. The van der Waals surface area contributed by atoms with E-state index in [4.69, 9.17) is 5.11 Å². The molecule has 3 amide bonds. The first-order valence-corrected chi connectivity index (χ1v) is 6.47. The minimum Gasteiger partial charge on any atom is -0.392 e. The molecular weight excluding hydrogens is 244 g/mol. The lowest BCUT2D eigenvalue weighted by Gasteiger charge is -2.34. The molecule has 0 aromatic heterocycles. The maximum Gasteiger partial charge on any atom is 0.325 e. The van der Waals surface area contributed by atoms with Gasteiger partial charge in [-0.15, -0.1) is 0 Å². The molecule has 2 fully saturated rings. The van der Waals surface area contributed by atoms with Crippen LogP contribution in [0.2, 0.25) is 0 Å². The second kappa shape index (κ2) is 4.35. The summed E-state index contributed by atoms with van der Waals surface area (Å²) in [6, 6.07) is 6.96. The lowest BCUT2D eigenvalue weighted by atomic mass is 9.77. The number of benzene rings is 1. The van der Waals surface area contributed by atoms with Gasteiger partial charge in [-0.2, -0.15) is 0 Å². The van der Waals surface area contributed by atoms with Crippen molar-refractivity contribution in [2.24, 2.45) is 0 Å². The van der Waals surface area contributed by atoms with E-state index in [2.05, 4.69) is 5.32 Å². The SMILES string of the molecule is O=C1NC2(CCC2)C(=O)N1Cc1ccc(CO)cc1. The zero-order valence-electron chi connectivity index (χ0n) is 10.6. The molecule has 1 aromatic carbocycles. The molecule has 1 aliphatic heterocycles. The van der Waals surface area contributed by atoms with E-state index >= 15 is 0 Å². The zero-order chi connectivity index (χ0) is 13.5. The van der Waals surface area contributed by atoms with Gasteiger partial charge in [0.25, 0.3) is 5.91 Å². The van der Waals surface area contributed by atoms with Crippen LogP contribution in [0.15, 0.2) is 24.3 Å². The molecule has 1 spiro atoms. The number of hydrogen-bond acceptors (Lipinski definition) is 3. The predicted octanol–water partition coefficient (Wildman–Crippen LogP) is 1.15. The molecule has 0 bridgehead atoms. The number of carbonyl (C=O) groups excluding carboxylic acids is 2. The van der Waals surface area contributed by atoms with Crippen LogP contribution >= 0.6 is 0 Å². The van der Waals surface area contributed by atoms with Crippen LogP contribution in [0.25, 0.3) is 0 Å². The topological polar surface area (TPSA) is 69.6 Å². The van der Waals surface area contributed by atoms with Gasteiger partial charge >= 0.3 is 6.03 Å². The van der Waals surface area contributed by atoms with E-state index in [1.165, 1.54) is 4.90 Å². The molecule has 100 valence electrons. The minimum absolute atomic E-state index is 0.00742. The molecule has 0 atom stereocenters. The van der Waals surface area contributed by atoms with Crippen molar-refractivity contribution in [3.8, 4) is 0 Å². The largest absolute Gasteiger partial charge is 0.392 e. The van der Waals surface area contributed by atoms with E-state index in [9.17, 15) is 9.59 Å². The Bertz CT molecular complexity index is 520.